The minimum absolute atomic E-state index is 0.0282. The Hall–Kier alpha value is -1.55. The molecule has 0 radical (unpaired) electrons. The lowest BCUT2D eigenvalue weighted by Gasteiger charge is -2.46. The van der Waals surface area contributed by atoms with Gasteiger partial charge in [-0.05, 0) is 12.1 Å². The number of aliphatic hydroxyl groups is 6. The smallest absolute Gasteiger partial charge is 0.340 e. The van der Waals surface area contributed by atoms with Crippen LogP contribution in [0.5, 0.6) is 0 Å². The molecular formula is C13H16O8. The summed E-state index contributed by atoms with van der Waals surface area (Å²) in [6.45, 7) is 0. The molecule has 0 bridgehead atoms. The third-order valence-electron chi connectivity index (χ3n) is 3.46. The third-order valence-corrected chi connectivity index (χ3v) is 3.46. The van der Waals surface area contributed by atoms with Crippen molar-refractivity contribution in [1.29, 1.82) is 0 Å². The van der Waals surface area contributed by atoms with E-state index in [1.54, 1.807) is 6.07 Å². The molecule has 0 heterocycles. The van der Waals surface area contributed by atoms with Crippen LogP contribution in [0.3, 0.4) is 0 Å². The first-order valence-corrected chi connectivity index (χ1v) is 6.20. The lowest BCUT2D eigenvalue weighted by Crippen LogP contribution is -2.72. The molecule has 0 saturated heterocycles. The number of carbonyl (C=O) groups is 1. The Morgan fingerprint density at radius 3 is 1.86 bits per heavy atom. The minimum atomic E-state index is -2.95. The molecule has 0 spiro atoms. The molecular weight excluding hydrogens is 284 g/mol. The van der Waals surface area contributed by atoms with Crippen LogP contribution in [0.2, 0.25) is 0 Å². The van der Waals surface area contributed by atoms with Crippen LogP contribution in [-0.4, -0.2) is 72.9 Å². The van der Waals surface area contributed by atoms with E-state index in [9.17, 15) is 35.4 Å². The standard InChI is InChI=1S/C13H16O8/c14-7-8(15)10(17)13(20,11(18)9(7)16)21-12(19)6-4-2-1-3-5-6/h1-5,7-11,14-18,20H/t7?,8-,9+,10-,11-,13?/m1/s1. The number of esters is 1. The molecule has 2 rings (SSSR count). The van der Waals surface area contributed by atoms with Gasteiger partial charge in [-0.15, -0.1) is 0 Å². The van der Waals surface area contributed by atoms with E-state index in [4.69, 9.17) is 0 Å². The van der Waals surface area contributed by atoms with E-state index in [1.165, 1.54) is 24.3 Å². The molecule has 0 aromatic heterocycles. The van der Waals surface area contributed by atoms with Gasteiger partial charge >= 0.3 is 5.97 Å². The summed E-state index contributed by atoms with van der Waals surface area (Å²) in [5, 5.41) is 58.1. The largest absolute Gasteiger partial charge is 0.424 e. The van der Waals surface area contributed by atoms with Gasteiger partial charge in [0, 0.05) is 0 Å². The van der Waals surface area contributed by atoms with Crippen LogP contribution in [0.4, 0.5) is 0 Å². The van der Waals surface area contributed by atoms with Gasteiger partial charge in [-0.1, -0.05) is 18.2 Å². The van der Waals surface area contributed by atoms with Crippen LogP contribution in [-0.2, 0) is 4.74 Å². The summed E-state index contributed by atoms with van der Waals surface area (Å²) >= 11 is 0. The van der Waals surface area contributed by atoms with Gasteiger partial charge in [0.25, 0.3) is 5.79 Å². The average molecular weight is 300 g/mol. The number of ether oxygens (including phenoxy) is 1. The van der Waals surface area contributed by atoms with E-state index in [-0.39, 0.29) is 5.56 Å². The Bertz CT molecular complexity index is 488. The Kier molecular flexibility index (Phi) is 4.28. The van der Waals surface area contributed by atoms with E-state index >= 15 is 0 Å². The Morgan fingerprint density at radius 1 is 0.905 bits per heavy atom. The van der Waals surface area contributed by atoms with Gasteiger partial charge in [0.2, 0.25) is 0 Å². The fraction of sp³-hybridized carbons (Fsp3) is 0.462. The molecule has 1 aromatic carbocycles. The maximum absolute atomic E-state index is 11.9. The summed E-state index contributed by atoms with van der Waals surface area (Å²) < 4.78 is 4.66. The number of carbonyl (C=O) groups excluding carboxylic acids is 1. The second kappa shape index (κ2) is 5.68. The van der Waals surface area contributed by atoms with Crippen molar-refractivity contribution < 1.29 is 40.2 Å². The highest BCUT2D eigenvalue weighted by atomic mass is 16.7. The molecule has 21 heavy (non-hydrogen) atoms. The molecule has 1 fully saturated rings. The summed E-state index contributed by atoms with van der Waals surface area (Å²) in [5.41, 5.74) is 0.0282. The van der Waals surface area contributed by atoms with E-state index in [0.717, 1.165) is 0 Å². The minimum Gasteiger partial charge on any atom is -0.424 e. The molecule has 1 saturated carbocycles. The summed E-state index contributed by atoms with van der Waals surface area (Å²) in [4.78, 5) is 11.9. The summed E-state index contributed by atoms with van der Waals surface area (Å²) in [7, 11) is 0. The number of rotatable bonds is 2. The Balaban J connectivity index is 2.25. The average Bonchev–Trinajstić information content (AvgIpc) is 2.50. The van der Waals surface area contributed by atoms with Gasteiger partial charge < -0.3 is 35.4 Å². The predicted molar refractivity (Wildman–Crippen MR) is 66.8 cm³/mol. The van der Waals surface area contributed by atoms with Crippen molar-refractivity contribution in [2.75, 3.05) is 0 Å². The zero-order chi connectivity index (χ0) is 15.8. The Labute approximate surface area is 119 Å². The summed E-state index contributed by atoms with van der Waals surface area (Å²) in [5.74, 6) is -4.03. The molecule has 1 aliphatic carbocycles. The highest BCUT2D eigenvalue weighted by Gasteiger charge is 2.60. The summed E-state index contributed by atoms with van der Waals surface area (Å²) in [6, 6.07) is 7.44. The third kappa shape index (κ3) is 2.64. The van der Waals surface area contributed by atoms with Crippen LogP contribution in [0, 0.1) is 0 Å². The monoisotopic (exact) mass is 300 g/mol. The van der Waals surface area contributed by atoms with Crippen molar-refractivity contribution in [2.45, 2.75) is 36.3 Å². The molecule has 8 heteroatoms. The van der Waals surface area contributed by atoms with E-state index in [2.05, 4.69) is 4.74 Å². The van der Waals surface area contributed by atoms with Gasteiger partial charge in [-0.2, -0.15) is 0 Å². The van der Waals surface area contributed by atoms with Crippen LogP contribution in [0.25, 0.3) is 0 Å². The van der Waals surface area contributed by atoms with Crippen molar-refractivity contribution in [1.82, 2.24) is 0 Å². The van der Waals surface area contributed by atoms with Crippen molar-refractivity contribution in [3.8, 4) is 0 Å². The normalized spacial score (nSPS) is 39.8. The highest BCUT2D eigenvalue weighted by Crippen LogP contribution is 2.32. The lowest BCUT2D eigenvalue weighted by molar-refractivity contribution is -0.341. The Morgan fingerprint density at radius 2 is 1.38 bits per heavy atom. The van der Waals surface area contributed by atoms with Gasteiger partial charge in [0.15, 0.2) is 12.2 Å². The maximum atomic E-state index is 11.9. The van der Waals surface area contributed by atoms with Crippen LogP contribution >= 0.6 is 0 Å². The number of benzene rings is 1. The van der Waals surface area contributed by atoms with E-state index in [1.807, 2.05) is 0 Å². The first-order chi connectivity index (χ1) is 9.79. The molecule has 8 nitrogen and oxygen atoms in total. The van der Waals surface area contributed by atoms with Crippen molar-refractivity contribution in [3.05, 3.63) is 35.9 Å². The topological polar surface area (TPSA) is 148 Å². The highest BCUT2D eigenvalue weighted by molar-refractivity contribution is 5.89. The fourth-order valence-electron chi connectivity index (χ4n) is 2.14. The van der Waals surface area contributed by atoms with E-state index in [0.29, 0.717) is 0 Å². The first-order valence-electron chi connectivity index (χ1n) is 6.20. The van der Waals surface area contributed by atoms with Gasteiger partial charge in [-0.25, -0.2) is 4.79 Å². The van der Waals surface area contributed by atoms with Crippen LogP contribution < -0.4 is 0 Å². The molecule has 1 aromatic rings. The molecule has 6 N–H and O–H groups in total. The number of aliphatic hydroxyl groups excluding tert-OH is 5. The second-order valence-corrected chi connectivity index (χ2v) is 4.87. The van der Waals surface area contributed by atoms with Crippen LogP contribution in [0.15, 0.2) is 30.3 Å². The lowest BCUT2D eigenvalue weighted by atomic mass is 9.82. The number of hydrogen-bond donors (Lipinski definition) is 6. The summed E-state index contributed by atoms with van der Waals surface area (Å²) in [6.07, 6.45) is -10.3. The first kappa shape index (κ1) is 15.8. The molecule has 1 aliphatic rings. The van der Waals surface area contributed by atoms with Crippen molar-refractivity contribution in [2.24, 2.45) is 0 Å². The zero-order valence-corrected chi connectivity index (χ0v) is 10.8. The predicted octanol–water partition coefficient (Wildman–Crippen LogP) is -2.65. The zero-order valence-electron chi connectivity index (χ0n) is 10.8. The molecule has 6 atom stereocenters. The fourth-order valence-corrected chi connectivity index (χ4v) is 2.14. The molecule has 116 valence electrons. The van der Waals surface area contributed by atoms with Crippen molar-refractivity contribution >= 4 is 5.97 Å². The van der Waals surface area contributed by atoms with E-state index < -0.39 is 42.3 Å². The van der Waals surface area contributed by atoms with Gasteiger partial charge in [-0.3, -0.25) is 0 Å². The quantitative estimate of drug-likeness (QED) is 0.256. The van der Waals surface area contributed by atoms with Crippen LogP contribution in [0.1, 0.15) is 10.4 Å². The molecule has 0 aliphatic heterocycles. The maximum Gasteiger partial charge on any atom is 0.340 e. The number of hydrogen-bond acceptors (Lipinski definition) is 8. The van der Waals surface area contributed by atoms with Gasteiger partial charge in [0.1, 0.15) is 18.3 Å². The van der Waals surface area contributed by atoms with Crippen molar-refractivity contribution in [3.63, 3.8) is 0 Å². The SMILES string of the molecule is O=C(OC1(O)[C@H](O)[C@H](O)C(O)[C@H](O)[C@H]1O)c1ccccc1. The second-order valence-electron chi connectivity index (χ2n) is 4.87. The molecule has 0 amide bonds. The molecule has 2 unspecified atom stereocenters. The van der Waals surface area contributed by atoms with Gasteiger partial charge in [0.05, 0.1) is 5.56 Å².